The third-order valence-electron chi connectivity index (χ3n) is 1.08. The van der Waals surface area contributed by atoms with Gasteiger partial charge in [0.25, 0.3) is 6.47 Å². The highest BCUT2D eigenvalue weighted by molar-refractivity contribution is 5.73. The second-order valence-corrected chi connectivity index (χ2v) is 2.31. The Morgan fingerprint density at radius 1 is 1.64 bits per heavy atom. The molecule has 1 amide bonds. The molecule has 4 nitrogen and oxygen atoms in total. The summed E-state index contributed by atoms with van der Waals surface area (Å²) in [5, 5.41) is 2.78. The number of nitrogens with one attached hydrogen (secondary N) is 1. The first-order valence-electron chi connectivity index (χ1n) is 3.44. The maximum Gasteiger partial charge on any atom is 0.292 e. The summed E-state index contributed by atoms with van der Waals surface area (Å²) in [6.07, 6.45) is 2.36. The van der Waals surface area contributed by atoms with Crippen molar-refractivity contribution in [2.45, 2.75) is 25.8 Å². The van der Waals surface area contributed by atoms with Crippen molar-refractivity contribution in [3.8, 4) is 0 Å². The Kier molecular flexibility index (Phi) is 5.15. The lowest BCUT2D eigenvalue weighted by molar-refractivity contribution is -0.126. The van der Waals surface area contributed by atoms with E-state index in [2.05, 4.69) is 10.1 Å². The molecule has 0 spiro atoms. The molecule has 0 aromatic heterocycles. The zero-order chi connectivity index (χ0) is 8.69. The SMILES string of the molecule is CC(=O)NC1CC1.COC=O. The quantitative estimate of drug-likeness (QED) is 0.580. The Morgan fingerprint density at radius 3 is 2.18 bits per heavy atom. The zero-order valence-corrected chi connectivity index (χ0v) is 6.79. The Balaban J connectivity index is 0.000000218. The Morgan fingerprint density at radius 2 is 2.09 bits per heavy atom. The fourth-order valence-corrected chi connectivity index (χ4v) is 0.515. The highest BCUT2D eigenvalue weighted by Crippen LogP contribution is 2.17. The lowest BCUT2D eigenvalue weighted by Gasteiger charge is -1.91. The summed E-state index contributed by atoms with van der Waals surface area (Å²) in [6, 6.07) is 0.525. The molecule has 1 rings (SSSR count). The van der Waals surface area contributed by atoms with Gasteiger partial charge in [0.05, 0.1) is 7.11 Å². The molecule has 1 aliphatic carbocycles. The Bertz CT molecular complexity index is 132. The minimum absolute atomic E-state index is 0.0995. The van der Waals surface area contributed by atoms with Crippen LogP contribution in [0, 0.1) is 0 Å². The molecule has 0 atom stereocenters. The van der Waals surface area contributed by atoms with E-state index in [1.807, 2.05) is 0 Å². The van der Waals surface area contributed by atoms with Gasteiger partial charge in [0.15, 0.2) is 0 Å². The fourth-order valence-electron chi connectivity index (χ4n) is 0.515. The van der Waals surface area contributed by atoms with Crippen molar-refractivity contribution in [2.24, 2.45) is 0 Å². The number of ether oxygens (including phenoxy) is 1. The minimum atomic E-state index is 0.0995. The molecule has 1 aliphatic rings. The van der Waals surface area contributed by atoms with Gasteiger partial charge in [-0.1, -0.05) is 0 Å². The van der Waals surface area contributed by atoms with Crippen molar-refractivity contribution in [1.82, 2.24) is 5.32 Å². The molecule has 1 N–H and O–H groups in total. The van der Waals surface area contributed by atoms with Crippen LogP contribution in [0.1, 0.15) is 19.8 Å². The molecular weight excluding hydrogens is 146 g/mol. The summed E-state index contributed by atoms with van der Waals surface area (Å²) in [6.45, 7) is 1.93. The van der Waals surface area contributed by atoms with Gasteiger partial charge in [-0.15, -0.1) is 0 Å². The van der Waals surface area contributed by atoms with Gasteiger partial charge in [-0.05, 0) is 12.8 Å². The topological polar surface area (TPSA) is 55.4 Å². The van der Waals surface area contributed by atoms with Crippen LogP contribution in [-0.2, 0) is 14.3 Å². The van der Waals surface area contributed by atoms with Gasteiger partial charge in [-0.2, -0.15) is 0 Å². The maximum absolute atomic E-state index is 10.2. The molecule has 64 valence electrons. The lowest BCUT2D eigenvalue weighted by atomic mass is 10.6. The first-order chi connectivity index (χ1) is 5.20. The molecule has 1 fully saturated rings. The average Bonchev–Trinajstić information content (AvgIpc) is 2.71. The third kappa shape index (κ3) is 8.94. The van der Waals surface area contributed by atoms with Crippen molar-refractivity contribution >= 4 is 12.4 Å². The molecule has 0 aliphatic heterocycles. The van der Waals surface area contributed by atoms with Crippen molar-refractivity contribution in [2.75, 3.05) is 7.11 Å². The molecule has 4 heteroatoms. The van der Waals surface area contributed by atoms with Crippen molar-refractivity contribution in [3.05, 3.63) is 0 Å². The summed E-state index contributed by atoms with van der Waals surface area (Å²) < 4.78 is 3.86. The number of rotatable bonds is 2. The number of methoxy groups -OCH3 is 1. The van der Waals surface area contributed by atoms with Crippen molar-refractivity contribution in [3.63, 3.8) is 0 Å². The Labute approximate surface area is 65.9 Å². The highest BCUT2D eigenvalue weighted by Gasteiger charge is 2.21. The summed E-state index contributed by atoms with van der Waals surface area (Å²) in [5.41, 5.74) is 0. The van der Waals surface area contributed by atoms with Crippen LogP contribution in [0.25, 0.3) is 0 Å². The van der Waals surface area contributed by atoms with E-state index >= 15 is 0 Å². The van der Waals surface area contributed by atoms with Gasteiger partial charge in [-0.3, -0.25) is 9.59 Å². The maximum atomic E-state index is 10.2. The molecule has 0 aromatic carbocycles. The fraction of sp³-hybridized carbons (Fsp3) is 0.714. The lowest BCUT2D eigenvalue weighted by Crippen LogP contribution is -2.21. The molecule has 0 heterocycles. The van der Waals surface area contributed by atoms with E-state index in [1.54, 1.807) is 6.92 Å². The molecule has 11 heavy (non-hydrogen) atoms. The number of hydrogen-bond acceptors (Lipinski definition) is 3. The van der Waals surface area contributed by atoms with Gasteiger partial charge in [0, 0.05) is 13.0 Å². The van der Waals surface area contributed by atoms with Crippen LogP contribution in [0.15, 0.2) is 0 Å². The largest absolute Gasteiger partial charge is 0.471 e. The summed E-state index contributed by atoms with van der Waals surface area (Å²) in [5.74, 6) is 0.0995. The predicted octanol–water partition coefficient (Wildman–Crippen LogP) is 0.0741. The predicted molar refractivity (Wildman–Crippen MR) is 39.9 cm³/mol. The second-order valence-electron chi connectivity index (χ2n) is 2.31. The number of carbonyl (C=O) groups is 2. The van der Waals surface area contributed by atoms with Crippen LogP contribution in [-0.4, -0.2) is 25.5 Å². The van der Waals surface area contributed by atoms with Gasteiger partial charge < -0.3 is 10.1 Å². The van der Waals surface area contributed by atoms with Crippen molar-refractivity contribution < 1.29 is 14.3 Å². The van der Waals surface area contributed by atoms with Crippen LogP contribution < -0.4 is 5.32 Å². The van der Waals surface area contributed by atoms with Crippen molar-refractivity contribution in [1.29, 1.82) is 0 Å². The van der Waals surface area contributed by atoms with Crippen LogP contribution in [0.3, 0.4) is 0 Å². The first-order valence-corrected chi connectivity index (χ1v) is 3.44. The normalized spacial score (nSPS) is 14.0. The minimum Gasteiger partial charge on any atom is -0.471 e. The van der Waals surface area contributed by atoms with E-state index in [0.29, 0.717) is 12.5 Å². The zero-order valence-electron chi connectivity index (χ0n) is 6.79. The van der Waals surface area contributed by atoms with Crippen LogP contribution >= 0.6 is 0 Å². The number of amides is 1. The van der Waals surface area contributed by atoms with Crippen LogP contribution in [0.2, 0.25) is 0 Å². The summed E-state index contributed by atoms with van der Waals surface area (Å²) in [4.78, 5) is 19.1. The average molecular weight is 159 g/mol. The molecule has 0 radical (unpaired) electrons. The first kappa shape index (κ1) is 9.94. The van der Waals surface area contributed by atoms with E-state index < -0.39 is 0 Å². The molecular formula is C7H13NO3. The van der Waals surface area contributed by atoms with E-state index in [-0.39, 0.29) is 5.91 Å². The standard InChI is InChI=1S/C5H9NO.C2H4O2/c1-4(7)6-5-2-3-5;1-4-2-3/h5H,2-3H2,1H3,(H,6,7);2H,1H3. The van der Waals surface area contributed by atoms with E-state index in [9.17, 15) is 4.79 Å². The molecule has 1 saturated carbocycles. The molecule has 0 aromatic rings. The highest BCUT2D eigenvalue weighted by atomic mass is 16.5. The van der Waals surface area contributed by atoms with Gasteiger partial charge in [0.2, 0.25) is 5.91 Å². The second kappa shape index (κ2) is 5.70. The monoisotopic (exact) mass is 159 g/mol. The number of carbonyl (C=O) groups excluding carboxylic acids is 2. The van der Waals surface area contributed by atoms with Crippen LogP contribution in [0.4, 0.5) is 0 Å². The van der Waals surface area contributed by atoms with E-state index in [1.165, 1.54) is 20.0 Å². The molecule has 0 unspecified atom stereocenters. The molecule has 0 bridgehead atoms. The third-order valence-corrected chi connectivity index (χ3v) is 1.08. The Hall–Kier alpha value is -1.06. The van der Waals surface area contributed by atoms with Crippen LogP contribution in [0.5, 0.6) is 0 Å². The van der Waals surface area contributed by atoms with Gasteiger partial charge >= 0.3 is 0 Å². The smallest absolute Gasteiger partial charge is 0.292 e. The summed E-state index contributed by atoms with van der Waals surface area (Å²) >= 11 is 0. The number of hydrogen-bond donors (Lipinski definition) is 1. The van der Waals surface area contributed by atoms with E-state index in [0.717, 1.165) is 0 Å². The van der Waals surface area contributed by atoms with Gasteiger partial charge in [-0.25, -0.2) is 0 Å². The van der Waals surface area contributed by atoms with Gasteiger partial charge in [0.1, 0.15) is 0 Å². The van der Waals surface area contributed by atoms with E-state index in [4.69, 9.17) is 4.79 Å². The molecule has 0 saturated heterocycles. The summed E-state index contributed by atoms with van der Waals surface area (Å²) in [7, 11) is 1.31.